The molecule has 2 aliphatic carbocycles. The Balaban J connectivity index is 1.54. The molecule has 0 N–H and O–H groups in total. The summed E-state index contributed by atoms with van der Waals surface area (Å²) < 4.78 is 0. The van der Waals surface area contributed by atoms with Gasteiger partial charge in [-0.1, -0.05) is 51.7 Å². The lowest BCUT2D eigenvalue weighted by Gasteiger charge is -2.41. The van der Waals surface area contributed by atoms with Gasteiger partial charge in [0.2, 0.25) is 0 Å². The molecule has 0 spiro atoms. The summed E-state index contributed by atoms with van der Waals surface area (Å²) in [7, 11) is 0. The van der Waals surface area contributed by atoms with E-state index in [2.05, 4.69) is 32.0 Å². The van der Waals surface area contributed by atoms with Gasteiger partial charge in [0.1, 0.15) is 0 Å². The quantitative estimate of drug-likeness (QED) is 0.606. The number of nitriles is 1. The van der Waals surface area contributed by atoms with Crippen LogP contribution in [0, 0.1) is 35.0 Å². The number of benzene rings is 1. The van der Waals surface area contributed by atoms with E-state index < -0.39 is 0 Å². The second-order valence-corrected chi connectivity index (χ2v) is 8.46. The molecule has 0 aliphatic heterocycles. The molecular formula is C23H33N. The second kappa shape index (κ2) is 8.19. The smallest absolute Gasteiger partial charge is 0.0991 e. The molecule has 0 heterocycles. The number of rotatable bonds is 4. The van der Waals surface area contributed by atoms with Crippen LogP contribution in [0.15, 0.2) is 24.3 Å². The highest BCUT2D eigenvalue weighted by molar-refractivity contribution is 5.33. The zero-order valence-corrected chi connectivity index (χ0v) is 15.5. The largest absolute Gasteiger partial charge is 0.192 e. The predicted molar refractivity (Wildman–Crippen MR) is 101 cm³/mol. The van der Waals surface area contributed by atoms with Crippen LogP contribution in [0.25, 0.3) is 0 Å². The molecular weight excluding hydrogens is 290 g/mol. The van der Waals surface area contributed by atoms with Gasteiger partial charge < -0.3 is 0 Å². The minimum absolute atomic E-state index is 0.699. The first-order valence-electron chi connectivity index (χ1n) is 10.2. The van der Waals surface area contributed by atoms with Gasteiger partial charge in [-0.2, -0.15) is 5.26 Å². The SMILES string of the molecule is CCCC1CCC(C2CC[C@@H](c3ccc(C#N)cc3)[C@H](C)C2)CC1. The topological polar surface area (TPSA) is 23.8 Å². The fraction of sp³-hybridized carbons (Fsp3) is 0.696. The molecule has 1 nitrogen and oxygen atoms in total. The lowest BCUT2D eigenvalue weighted by atomic mass is 9.65. The fourth-order valence-corrected chi connectivity index (χ4v) is 5.52. The molecule has 0 amide bonds. The molecule has 1 aromatic rings. The molecule has 0 bridgehead atoms. The van der Waals surface area contributed by atoms with Crippen molar-refractivity contribution < 1.29 is 0 Å². The molecule has 2 saturated carbocycles. The minimum atomic E-state index is 0.699. The summed E-state index contributed by atoms with van der Waals surface area (Å²) in [5.41, 5.74) is 2.23. The minimum Gasteiger partial charge on any atom is -0.192 e. The Kier molecular flexibility index (Phi) is 5.99. The Hall–Kier alpha value is -1.29. The average Bonchev–Trinajstić information content (AvgIpc) is 2.63. The van der Waals surface area contributed by atoms with Crippen molar-refractivity contribution >= 4 is 0 Å². The second-order valence-electron chi connectivity index (χ2n) is 8.46. The van der Waals surface area contributed by atoms with Gasteiger partial charge in [0, 0.05) is 0 Å². The maximum absolute atomic E-state index is 8.97. The molecule has 2 aliphatic rings. The molecule has 3 rings (SSSR count). The zero-order chi connectivity index (χ0) is 16.9. The number of hydrogen-bond donors (Lipinski definition) is 0. The third-order valence-electron chi connectivity index (χ3n) is 6.93. The monoisotopic (exact) mass is 323 g/mol. The van der Waals surface area contributed by atoms with Crippen molar-refractivity contribution in [3.8, 4) is 6.07 Å². The van der Waals surface area contributed by atoms with Crippen LogP contribution in [0.1, 0.15) is 88.7 Å². The Morgan fingerprint density at radius 3 is 2.21 bits per heavy atom. The van der Waals surface area contributed by atoms with Gasteiger partial charge in [-0.05, 0) is 79.4 Å². The van der Waals surface area contributed by atoms with Gasteiger partial charge in [-0.15, -0.1) is 0 Å². The van der Waals surface area contributed by atoms with Gasteiger partial charge >= 0.3 is 0 Å². The van der Waals surface area contributed by atoms with E-state index in [1.54, 1.807) is 0 Å². The number of nitrogens with zero attached hydrogens (tertiary/aromatic N) is 1. The maximum atomic E-state index is 8.97. The summed E-state index contributed by atoms with van der Waals surface area (Å²) in [6.07, 6.45) is 12.9. The molecule has 1 heteroatoms. The van der Waals surface area contributed by atoms with E-state index >= 15 is 0 Å². The summed E-state index contributed by atoms with van der Waals surface area (Å²) in [4.78, 5) is 0. The van der Waals surface area contributed by atoms with Gasteiger partial charge in [0.25, 0.3) is 0 Å². The van der Waals surface area contributed by atoms with Crippen molar-refractivity contribution in [1.29, 1.82) is 5.26 Å². The van der Waals surface area contributed by atoms with Crippen LogP contribution < -0.4 is 0 Å². The van der Waals surface area contributed by atoms with Crippen molar-refractivity contribution in [2.45, 2.75) is 77.6 Å². The summed E-state index contributed by atoms with van der Waals surface area (Å²) in [5, 5.41) is 8.97. The van der Waals surface area contributed by atoms with E-state index in [4.69, 9.17) is 5.26 Å². The summed E-state index contributed by atoms with van der Waals surface area (Å²) in [6.45, 7) is 4.79. The first kappa shape index (κ1) is 17.5. The van der Waals surface area contributed by atoms with Crippen LogP contribution >= 0.6 is 0 Å². The van der Waals surface area contributed by atoms with E-state index in [1.807, 2.05) is 12.1 Å². The molecule has 130 valence electrons. The number of hydrogen-bond acceptors (Lipinski definition) is 1. The first-order valence-corrected chi connectivity index (χ1v) is 10.2. The van der Waals surface area contributed by atoms with Crippen molar-refractivity contribution in [1.82, 2.24) is 0 Å². The van der Waals surface area contributed by atoms with Crippen LogP contribution in [0.4, 0.5) is 0 Å². The molecule has 2 fully saturated rings. The van der Waals surface area contributed by atoms with Crippen LogP contribution in [0.5, 0.6) is 0 Å². The van der Waals surface area contributed by atoms with E-state index in [0.717, 1.165) is 29.2 Å². The lowest BCUT2D eigenvalue weighted by Crippen LogP contribution is -2.29. The molecule has 0 saturated heterocycles. The Bertz CT molecular complexity index is 544. The average molecular weight is 324 g/mol. The zero-order valence-electron chi connectivity index (χ0n) is 15.5. The molecule has 0 aromatic heterocycles. The Morgan fingerprint density at radius 1 is 0.958 bits per heavy atom. The highest BCUT2D eigenvalue weighted by Gasteiger charge is 2.34. The summed E-state index contributed by atoms with van der Waals surface area (Å²) in [6, 6.07) is 10.6. The van der Waals surface area contributed by atoms with Crippen LogP contribution in [0.3, 0.4) is 0 Å². The van der Waals surface area contributed by atoms with Crippen molar-refractivity contribution in [3.05, 3.63) is 35.4 Å². The van der Waals surface area contributed by atoms with E-state index in [-0.39, 0.29) is 0 Å². The maximum Gasteiger partial charge on any atom is 0.0991 e. The van der Waals surface area contributed by atoms with Gasteiger partial charge in [-0.3, -0.25) is 0 Å². The Labute approximate surface area is 148 Å². The van der Waals surface area contributed by atoms with Crippen LogP contribution in [0.2, 0.25) is 0 Å². The molecule has 1 aromatic carbocycles. The van der Waals surface area contributed by atoms with Crippen molar-refractivity contribution in [2.24, 2.45) is 23.7 Å². The molecule has 1 unspecified atom stereocenters. The predicted octanol–water partition coefficient (Wildman–Crippen LogP) is 6.68. The van der Waals surface area contributed by atoms with Crippen LogP contribution in [-0.2, 0) is 0 Å². The lowest BCUT2D eigenvalue weighted by molar-refractivity contribution is 0.130. The third kappa shape index (κ3) is 4.02. The van der Waals surface area contributed by atoms with E-state index in [0.29, 0.717) is 5.92 Å². The third-order valence-corrected chi connectivity index (χ3v) is 6.93. The van der Waals surface area contributed by atoms with Gasteiger partial charge in [0.15, 0.2) is 0 Å². The summed E-state index contributed by atoms with van der Waals surface area (Å²) in [5.74, 6) is 4.48. The fourth-order valence-electron chi connectivity index (χ4n) is 5.52. The van der Waals surface area contributed by atoms with Gasteiger partial charge in [0.05, 0.1) is 11.6 Å². The van der Waals surface area contributed by atoms with E-state index in [1.165, 1.54) is 63.4 Å². The van der Waals surface area contributed by atoms with Crippen molar-refractivity contribution in [3.63, 3.8) is 0 Å². The normalized spacial score (nSPS) is 33.8. The standard InChI is InChI=1S/C23H33N/c1-3-4-18-5-9-20(10-6-18)22-13-14-23(17(2)15-22)21-11-7-19(16-24)8-12-21/h7-8,11-12,17-18,20,22-23H,3-6,9-10,13-15H2,1-2H3/t17-,18?,20?,22?,23-/m1/s1. The van der Waals surface area contributed by atoms with E-state index in [9.17, 15) is 0 Å². The van der Waals surface area contributed by atoms with Gasteiger partial charge in [-0.25, -0.2) is 0 Å². The Morgan fingerprint density at radius 2 is 1.62 bits per heavy atom. The van der Waals surface area contributed by atoms with Crippen LogP contribution in [-0.4, -0.2) is 0 Å². The molecule has 3 atom stereocenters. The molecule has 0 radical (unpaired) electrons. The summed E-state index contributed by atoms with van der Waals surface area (Å²) >= 11 is 0. The highest BCUT2D eigenvalue weighted by atomic mass is 14.4. The van der Waals surface area contributed by atoms with Crippen molar-refractivity contribution in [2.75, 3.05) is 0 Å². The molecule has 24 heavy (non-hydrogen) atoms. The first-order chi connectivity index (χ1) is 11.7. The highest BCUT2D eigenvalue weighted by Crippen LogP contribution is 2.46.